The lowest BCUT2D eigenvalue weighted by Crippen LogP contribution is -2.44. The lowest BCUT2D eigenvalue weighted by molar-refractivity contribution is -0.138. The Balaban J connectivity index is 1.33. The molecule has 10 rings (SSSR count). The number of hydrogen-bond acceptors (Lipinski definition) is 5. The van der Waals surface area contributed by atoms with E-state index in [-0.39, 0.29) is 70.4 Å². The lowest BCUT2D eigenvalue weighted by atomic mass is 9.79. The normalized spacial score (nSPS) is 27.3. The van der Waals surface area contributed by atoms with E-state index < -0.39 is 11.9 Å². The lowest BCUT2D eigenvalue weighted by Gasteiger charge is -2.40. The molecule has 252 valence electrons. The van der Waals surface area contributed by atoms with E-state index in [0.717, 1.165) is 48.7 Å². The number of nitriles is 1. The van der Waals surface area contributed by atoms with Gasteiger partial charge in [0.15, 0.2) is 5.82 Å². The van der Waals surface area contributed by atoms with E-state index in [1.807, 2.05) is 12.3 Å². The minimum atomic E-state index is -0.933. The third-order valence-electron chi connectivity index (χ3n) is 12.0. The molecule has 3 aliphatic heterocycles. The Morgan fingerprint density at radius 3 is 2.61 bits per heavy atom. The van der Waals surface area contributed by atoms with Crippen LogP contribution < -0.4 is 0 Å². The number of carboxylic acid groups (broad SMARTS) is 1. The number of pyridine rings is 1. The molecular weight excluding hydrogens is 684 g/mol. The number of nitrogens with zero attached hydrogens (tertiary/aromatic N) is 5. The smallest absolute Gasteiger partial charge is 0.407 e. The minimum absolute atomic E-state index is 0.102. The predicted octanol–water partition coefficient (Wildman–Crippen LogP) is 8.87. The summed E-state index contributed by atoms with van der Waals surface area (Å²) in [7, 11) is 0. The minimum Gasteiger partial charge on any atom is -0.465 e. The van der Waals surface area contributed by atoms with Crippen molar-refractivity contribution < 1.29 is 19.1 Å². The molecule has 6 aliphatic rings. The highest BCUT2D eigenvalue weighted by Crippen LogP contribution is 2.60. The van der Waals surface area contributed by atoms with Gasteiger partial charge in [0.1, 0.15) is 10.5 Å². The summed E-state index contributed by atoms with van der Waals surface area (Å²) < 4.78 is 19.5. The van der Waals surface area contributed by atoms with Crippen LogP contribution in [0.4, 0.5) is 9.18 Å². The van der Waals surface area contributed by atoms with Crippen molar-refractivity contribution in [3.05, 3.63) is 57.5 Å². The van der Waals surface area contributed by atoms with Gasteiger partial charge in [-0.15, -0.1) is 11.8 Å². The van der Waals surface area contributed by atoms with Gasteiger partial charge in [0, 0.05) is 57.9 Å². The number of hydrogen-bond donors (Lipinski definition) is 1. The summed E-state index contributed by atoms with van der Waals surface area (Å²) in [6, 6.07) is 11.1. The van der Waals surface area contributed by atoms with E-state index in [1.54, 1.807) is 23.1 Å². The average Bonchev–Trinajstić information content (AvgIpc) is 3.75. The molecule has 0 unspecified atom stereocenters. The van der Waals surface area contributed by atoms with Crippen LogP contribution >= 0.6 is 35.0 Å². The molecule has 3 saturated heterocycles. The van der Waals surface area contributed by atoms with Crippen LogP contribution in [-0.2, 0) is 11.2 Å². The van der Waals surface area contributed by atoms with Crippen LogP contribution in [-0.4, -0.2) is 61.3 Å². The van der Waals surface area contributed by atoms with Crippen LogP contribution in [0.15, 0.2) is 35.4 Å². The molecule has 5 heterocycles. The van der Waals surface area contributed by atoms with Crippen LogP contribution in [0.1, 0.15) is 68.8 Å². The first kappa shape index (κ1) is 31.5. The second-order valence-electron chi connectivity index (χ2n) is 14.8. The molecule has 12 heteroatoms. The molecule has 6 atom stereocenters. The van der Waals surface area contributed by atoms with Crippen LogP contribution in [0.25, 0.3) is 32.9 Å². The molecule has 8 nitrogen and oxygen atoms in total. The number of likely N-dealkylation sites (tertiary alicyclic amines) is 1. The van der Waals surface area contributed by atoms with Crippen LogP contribution in [0, 0.1) is 34.4 Å². The number of piperidine rings is 1. The predicted molar refractivity (Wildman–Crippen MR) is 187 cm³/mol. The third-order valence-corrected chi connectivity index (χ3v) is 13.5. The highest BCUT2D eigenvalue weighted by Gasteiger charge is 2.61. The zero-order chi connectivity index (χ0) is 34.1. The number of thioether (sulfide) groups is 1. The number of carbonyl (C=O) groups is 2. The summed E-state index contributed by atoms with van der Waals surface area (Å²) in [5.74, 6) is 0.227. The zero-order valence-electron chi connectivity index (χ0n) is 27.0. The van der Waals surface area contributed by atoms with Gasteiger partial charge in [-0.25, -0.2) is 14.2 Å². The Kier molecular flexibility index (Phi) is 7.06. The second-order valence-corrected chi connectivity index (χ2v) is 16.4. The van der Waals surface area contributed by atoms with Crippen molar-refractivity contribution in [2.75, 3.05) is 12.8 Å². The van der Waals surface area contributed by atoms with Crippen LogP contribution in [0.2, 0.25) is 10.0 Å². The molecule has 2 amide bonds. The van der Waals surface area contributed by atoms with E-state index in [1.165, 1.54) is 11.8 Å². The number of halogens is 3. The van der Waals surface area contributed by atoms with Crippen molar-refractivity contribution in [3.8, 4) is 17.2 Å². The Morgan fingerprint density at radius 1 is 1.14 bits per heavy atom. The number of aryl methyl sites for hydroxylation is 1. The maximum Gasteiger partial charge on any atom is 0.407 e. The number of benzene rings is 2. The molecule has 2 aromatic heterocycles. The summed E-state index contributed by atoms with van der Waals surface area (Å²) in [5, 5.41) is 22.4. The summed E-state index contributed by atoms with van der Waals surface area (Å²) in [5.41, 5.74) is 2.99. The van der Waals surface area contributed by atoms with Crippen molar-refractivity contribution in [3.63, 3.8) is 0 Å². The Morgan fingerprint density at radius 2 is 1.92 bits per heavy atom. The first-order valence-electron chi connectivity index (χ1n) is 16.9. The molecule has 1 N–H and O–H groups in total. The second kappa shape index (κ2) is 11.0. The molecule has 2 bridgehead atoms. The van der Waals surface area contributed by atoms with Gasteiger partial charge in [-0.2, -0.15) is 5.26 Å². The van der Waals surface area contributed by atoms with E-state index in [0.29, 0.717) is 39.0 Å². The van der Waals surface area contributed by atoms with Gasteiger partial charge in [-0.1, -0.05) is 42.3 Å². The maximum atomic E-state index is 17.2. The quantitative estimate of drug-likeness (QED) is 0.192. The van der Waals surface area contributed by atoms with E-state index >= 15 is 4.39 Å². The van der Waals surface area contributed by atoms with Gasteiger partial charge in [0.25, 0.3) is 0 Å². The fraction of sp³-hybridized carbons (Fsp3) is 0.459. The molecule has 6 fully saturated rings. The summed E-state index contributed by atoms with van der Waals surface area (Å²) in [4.78, 5) is 35.1. The number of fused-ring (bicyclic) bond motifs is 5. The van der Waals surface area contributed by atoms with Gasteiger partial charge in [-0.3, -0.25) is 4.79 Å². The summed E-state index contributed by atoms with van der Waals surface area (Å²) in [6.07, 6.45) is 5.87. The first-order valence-corrected chi connectivity index (χ1v) is 18.9. The Labute approximate surface area is 297 Å². The van der Waals surface area contributed by atoms with Crippen molar-refractivity contribution >= 4 is 68.8 Å². The summed E-state index contributed by atoms with van der Waals surface area (Å²) in [6.45, 7) is 2.51. The van der Waals surface area contributed by atoms with E-state index in [9.17, 15) is 20.0 Å². The first-order chi connectivity index (χ1) is 23.6. The summed E-state index contributed by atoms with van der Waals surface area (Å²) >= 11 is 14.5. The molecule has 4 aromatic rings. The number of rotatable bonds is 7. The fourth-order valence-corrected chi connectivity index (χ4v) is 10.1. The largest absolute Gasteiger partial charge is 0.465 e. The van der Waals surface area contributed by atoms with Gasteiger partial charge in [0.2, 0.25) is 5.91 Å². The average molecular weight is 719 g/mol. The number of carbonyl (C=O) groups excluding carboxylic acids is 1. The van der Waals surface area contributed by atoms with E-state index in [2.05, 4.69) is 28.5 Å². The molecule has 49 heavy (non-hydrogen) atoms. The van der Waals surface area contributed by atoms with Gasteiger partial charge >= 0.3 is 6.09 Å². The van der Waals surface area contributed by atoms with Gasteiger partial charge in [0.05, 0.1) is 39.8 Å². The van der Waals surface area contributed by atoms with Crippen molar-refractivity contribution in [2.45, 2.75) is 81.1 Å². The number of amides is 2. The maximum absolute atomic E-state index is 17.2. The van der Waals surface area contributed by atoms with Crippen molar-refractivity contribution in [1.29, 1.82) is 5.26 Å². The number of aromatic nitrogens is 2. The Hall–Kier alpha value is -3.52. The third kappa shape index (κ3) is 4.51. The highest BCUT2D eigenvalue weighted by molar-refractivity contribution is 7.98. The monoisotopic (exact) mass is 717 g/mol. The van der Waals surface area contributed by atoms with Crippen molar-refractivity contribution in [1.82, 2.24) is 19.4 Å². The topological polar surface area (TPSA) is 102 Å². The van der Waals surface area contributed by atoms with Crippen LogP contribution in [0.3, 0.4) is 0 Å². The molecule has 0 spiro atoms. The standard InChI is InChI=1S/C37H34Cl2FN5O3S/c1-37(8-9-37)35(46)44-24-12-18(24)13-25(44)26-15-22-33(45(26)32-19-14-27(32)43(16-19)36(47)48)21-11-17(5-4-10-41)28(20-6-3-7-23(38)29(20)39)30(40)31(21)42-34(22)49-2/h3,6-7,11,15,18-19,24-25,27,32H,4-5,8-9,12-14,16H2,1-2H3,(H,47,48)/t18-,19-,24-,25-,27-,32+/m1/s1. The van der Waals surface area contributed by atoms with Gasteiger partial charge in [-0.05, 0) is 74.5 Å². The molecule has 3 saturated carbocycles. The van der Waals surface area contributed by atoms with E-state index in [4.69, 9.17) is 28.2 Å². The Bertz CT molecular complexity index is 2180. The molecular formula is C37H34Cl2FN5O3S. The highest BCUT2D eigenvalue weighted by atomic mass is 35.5. The van der Waals surface area contributed by atoms with Gasteiger partial charge < -0.3 is 19.5 Å². The van der Waals surface area contributed by atoms with Crippen LogP contribution in [0.5, 0.6) is 0 Å². The fourth-order valence-electron chi connectivity index (χ4n) is 9.15. The molecule has 0 radical (unpaired) electrons. The molecule has 3 aliphatic carbocycles. The van der Waals surface area contributed by atoms with Crippen molar-refractivity contribution in [2.24, 2.45) is 17.3 Å². The zero-order valence-corrected chi connectivity index (χ0v) is 29.4. The SMILES string of the molecule is CSc1nc2c(F)c(-c3cccc(Cl)c3Cl)c(CCC#N)cc2c2c1cc([C@H]1C[C@H]3C[C@H]3N1C(=O)C1(C)CC1)n2[C@H]1[C@@H]2C[C@H]1N(C(=O)O)C2. The molecule has 2 aromatic carbocycles.